The number of carbonyl (C=O) groups excluding carboxylic acids is 2. The lowest BCUT2D eigenvalue weighted by molar-refractivity contribution is -0.136. The van der Waals surface area contributed by atoms with E-state index in [0.717, 1.165) is 37.1 Å². The second-order valence-electron chi connectivity index (χ2n) is 10.3. The fourth-order valence-electron chi connectivity index (χ4n) is 4.98. The number of sulfonamides is 1. The Balaban J connectivity index is 1.33. The van der Waals surface area contributed by atoms with Gasteiger partial charge in [0.25, 0.3) is 5.91 Å². The second-order valence-corrected chi connectivity index (χ2v) is 13.2. The van der Waals surface area contributed by atoms with Crippen LogP contribution in [0.3, 0.4) is 0 Å². The number of carbonyl (C=O) groups is 2. The maximum Gasteiger partial charge on any atom is 0.418 e. The minimum atomic E-state index is -4.66. The van der Waals surface area contributed by atoms with Crippen molar-refractivity contribution in [1.82, 2.24) is 9.29 Å². The van der Waals surface area contributed by atoms with Gasteiger partial charge in [0, 0.05) is 24.2 Å². The molecule has 0 aliphatic carbocycles. The van der Waals surface area contributed by atoms with Gasteiger partial charge in [0.1, 0.15) is 0 Å². The zero-order chi connectivity index (χ0) is 31.5. The van der Waals surface area contributed by atoms with E-state index >= 15 is 0 Å². The van der Waals surface area contributed by atoms with Crippen LogP contribution in [0.1, 0.15) is 40.7 Å². The first-order valence-electron chi connectivity index (χ1n) is 13.8. The van der Waals surface area contributed by atoms with E-state index in [0.29, 0.717) is 40.3 Å². The highest BCUT2D eigenvalue weighted by molar-refractivity contribution is 7.99. The van der Waals surface area contributed by atoms with Crippen LogP contribution in [0, 0.1) is 6.92 Å². The number of thioether (sulfide) groups is 1. The highest BCUT2D eigenvalue weighted by Gasteiger charge is 2.34. The highest BCUT2D eigenvalue weighted by atomic mass is 32.2. The van der Waals surface area contributed by atoms with Crippen molar-refractivity contribution in [1.29, 1.82) is 0 Å². The van der Waals surface area contributed by atoms with Crippen molar-refractivity contribution in [3.63, 3.8) is 0 Å². The number of fused-ring (bicyclic) bond motifs is 1. The number of hydrogen-bond donors (Lipinski definition) is 2. The Hall–Kier alpha value is -3.94. The largest absolute Gasteiger partial charge is 0.418 e. The van der Waals surface area contributed by atoms with Crippen LogP contribution in [0.4, 0.5) is 24.5 Å². The molecule has 1 fully saturated rings. The number of alkyl halides is 3. The minimum Gasteiger partial charge on any atom is -0.325 e. The van der Waals surface area contributed by atoms with Crippen molar-refractivity contribution in [2.45, 2.75) is 42.3 Å². The van der Waals surface area contributed by atoms with Gasteiger partial charge < -0.3 is 10.6 Å². The van der Waals surface area contributed by atoms with Gasteiger partial charge in [-0.25, -0.2) is 13.4 Å². The van der Waals surface area contributed by atoms with E-state index in [1.54, 1.807) is 43.3 Å². The number of benzene rings is 3. The van der Waals surface area contributed by atoms with Crippen LogP contribution in [0.25, 0.3) is 10.9 Å². The Morgan fingerprint density at radius 3 is 2.39 bits per heavy atom. The summed E-state index contributed by atoms with van der Waals surface area (Å²) in [7, 11) is -3.71. The Morgan fingerprint density at radius 2 is 1.64 bits per heavy atom. The molecule has 44 heavy (non-hydrogen) atoms. The zero-order valence-electron chi connectivity index (χ0n) is 23.6. The number of rotatable bonds is 8. The number of aromatic nitrogens is 1. The third kappa shape index (κ3) is 7.06. The van der Waals surface area contributed by atoms with Crippen LogP contribution in [0.2, 0.25) is 0 Å². The molecular weight excluding hydrogens is 613 g/mol. The smallest absolute Gasteiger partial charge is 0.325 e. The molecule has 0 spiro atoms. The topological polar surface area (TPSA) is 108 Å². The summed E-state index contributed by atoms with van der Waals surface area (Å²) in [5.74, 6) is -1.31. The van der Waals surface area contributed by atoms with Gasteiger partial charge in [-0.05, 0) is 61.7 Å². The molecule has 0 atom stereocenters. The first-order chi connectivity index (χ1) is 20.9. The first kappa shape index (κ1) is 31.5. The van der Waals surface area contributed by atoms with E-state index in [1.807, 2.05) is 0 Å². The van der Waals surface area contributed by atoms with Crippen LogP contribution >= 0.6 is 11.8 Å². The average Bonchev–Trinajstić information content (AvgIpc) is 3.00. The maximum absolute atomic E-state index is 13.5. The molecule has 3 aromatic carbocycles. The molecule has 230 valence electrons. The third-order valence-corrected chi connectivity index (χ3v) is 10.1. The van der Waals surface area contributed by atoms with Gasteiger partial charge >= 0.3 is 6.18 Å². The monoisotopic (exact) mass is 642 g/mol. The summed E-state index contributed by atoms with van der Waals surface area (Å²) < 4.78 is 68.5. The summed E-state index contributed by atoms with van der Waals surface area (Å²) in [5.41, 5.74) is 0.0821. The number of hydrogen-bond acceptors (Lipinski definition) is 6. The molecule has 13 heteroatoms. The quantitative estimate of drug-likeness (QED) is 0.207. The molecule has 0 bridgehead atoms. The Kier molecular flexibility index (Phi) is 9.28. The van der Waals surface area contributed by atoms with Crippen LogP contribution in [0.5, 0.6) is 0 Å². The number of aryl methyl sites for hydroxylation is 1. The minimum absolute atomic E-state index is 0.0987. The molecular formula is C31H29F3N4O4S2. The van der Waals surface area contributed by atoms with Gasteiger partial charge in [0.05, 0.1) is 38.0 Å². The summed E-state index contributed by atoms with van der Waals surface area (Å²) in [6.07, 6.45) is -2.06. The number of nitrogens with zero attached hydrogens (tertiary/aromatic N) is 2. The average molecular weight is 643 g/mol. The molecule has 1 saturated heterocycles. The Morgan fingerprint density at radius 1 is 0.932 bits per heavy atom. The summed E-state index contributed by atoms with van der Waals surface area (Å²) in [4.78, 5) is 30.8. The van der Waals surface area contributed by atoms with Crippen LogP contribution < -0.4 is 10.6 Å². The number of piperidine rings is 1. The lowest BCUT2D eigenvalue weighted by Crippen LogP contribution is -2.36. The molecule has 4 aromatic rings. The highest BCUT2D eigenvalue weighted by Crippen LogP contribution is 2.35. The van der Waals surface area contributed by atoms with Crippen molar-refractivity contribution in [3.05, 3.63) is 89.5 Å². The number of amides is 2. The van der Waals surface area contributed by atoms with E-state index in [1.165, 1.54) is 34.6 Å². The molecule has 8 nitrogen and oxygen atoms in total. The number of pyridine rings is 1. The molecule has 2 heterocycles. The van der Waals surface area contributed by atoms with Gasteiger partial charge in [-0.3, -0.25) is 9.59 Å². The van der Waals surface area contributed by atoms with Crippen molar-refractivity contribution < 1.29 is 31.2 Å². The molecule has 2 amide bonds. The number of anilines is 2. The van der Waals surface area contributed by atoms with E-state index in [-0.39, 0.29) is 21.9 Å². The van der Waals surface area contributed by atoms with Gasteiger partial charge in [-0.2, -0.15) is 17.5 Å². The molecule has 1 aliphatic rings. The first-order valence-corrected chi connectivity index (χ1v) is 16.3. The lowest BCUT2D eigenvalue weighted by Gasteiger charge is -2.26. The predicted octanol–water partition coefficient (Wildman–Crippen LogP) is 6.72. The molecule has 2 N–H and O–H groups in total. The summed E-state index contributed by atoms with van der Waals surface area (Å²) in [6, 6.07) is 17.6. The molecule has 1 aromatic heterocycles. The van der Waals surface area contributed by atoms with Gasteiger partial charge in [-0.1, -0.05) is 54.6 Å². The van der Waals surface area contributed by atoms with E-state index in [4.69, 9.17) is 0 Å². The molecule has 0 radical (unpaired) electrons. The van der Waals surface area contributed by atoms with E-state index in [2.05, 4.69) is 15.6 Å². The van der Waals surface area contributed by atoms with Gasteiger partial charge in [0.2, 0.25) is 15.9 Å². The number of nitrogens with one attached hydrogen (secondary N) is 2. The van der Waals surface area contributed by atoms with Gasteiger partial charge in [-0.15, -0.1) is 0 Å². The number of halogens is 3. The molecule has 0 saturated carbocycles. The van der Waals surface area contributed by atoms with Crippen LogP contribution in [0.15, 0.2) is 82.7 Å². The Bertz CT molecular complexity index is 1820. The zero-order valence-corrected chi connectivity index (χ0v) is 25.3. The van der Waals surface area contributed by atoms with Crippen molar-refractivity contribution in [3.8, 4) is 0 Å². The summed E-state index contributed by atoms with van der Waals surface area (Å²) >= 11 is 1.03. The van der Waals surface area contributed by atoms with E-state index in [9.17, 15) is 31.2 Å². The summed E-state index contributed by atoms with van der Waals surface area (Å²) in [5, 5.41) is 5.84. The maximum atomic E-state index is 13.5. The molecule has 0 unspecified atom stereocenters. The normalized spacial score (nSPS) is 14.4. The number of para-hydroxylation sites is 2. The predicted molar refractivity (Wildman–Crippen MR) is 164 cm³/mol. The van der Waals surface area contributed by atoms with Gasteiger partial charge in [0.15, 0.2) is 0 Å². The van der Waals surface area contributed by atoms with E-state index < -0.39 is 33.6 Å². The fourth-order valence-corrected chi connectivity index (χ4v) is 7.46. The van der Waals surface area contributed by atoms with Crippen molar-refractivity contribution in [2.75, 3.05) is 29.5 Å². The van der Waals surface area contributed by atoms with Crippen LogP contribution in [-0.4, -0.2) is 48.4 Å². The molecule has 5 rings (SSSR count). The fraction of sp³-hybridized carbons (Fsp3) is 0.258. The third-order valence-electron chi connectivity index (χ3n) is 7.17. The standard InChI is InChI=1S/C31H29F3N4O4S2/c1-20-13-14-21(17-27(20)44(41,42)38-15-7-2-8-16-38)35-28(39)19-43-29-18-23(22-9-3-5-11-25(22)36-29)30(40)37-26-12-6-4-10-24(26)31(32,33)34/h3-6,9-14,17-18H,2,7-8,15-16,19H2,1H3,(H,35,39)(H,37,40). The SMILES string of the molecule is Cc1ccc(NC(=O)CSc2cc(C(=O)Nc3ccccc3C(F)(F)F)c3ccccc3n2)cc1S(=O)(=O)N1CCCCC1. The second kappa shape index (κ2) is 13.0. The van der Waals surface area contributed by atoms with Crippen molar-refractivity contribution >= 4 is 55.9 Å². The Labute approximate surface area is 257 Å². The lowest BCUT2D eigenvalue weighted by atomic mass is 10.1. The molecule has 1 aliphatic heterocycles. The van der Waals surface area contributed by atoms with Crippen molar-refractivity contribution in [2.24, 2.45) is 0 Å². The van der Waals surface area contributed by atoms with Crippen LogP contribution in [-0.2, 0) is 21.0 Å². The summed E-state index contributed by atoms with van der Waals surface area (Å²) in [6.45, 7) is 2.63.